The number of halogens is 2. The van der Waals surface area contributed by atoms with E-state index in [4.69, 9.17) is 11.5 Å². The zero-order chi connectivity index (χ0) is 13.6. The molecule has 0 aliphatic heterocycles. The quantitative estimate of drug-likeness (QED) is 0.667. The van der Waals surface area contributed by atoms with Gasteiger partial charge in [0, 0.05) is 12.3 Å². The first-order valence-electron chi connectivity index (χ1n) is 5.27. The fourth-order valence-electron chi connectivity index (χ4n) is 1.84. The van der Waals surface area contributed by atoms with Crippen molar-refractivity contribution in [2.45, 2.75) is 0 Å². The van der Waals surface area contributed by atoms with Crippen molar-refractivity contribution in [2.75, 3.05) is 11.5 Å². The lowest BCUT2D eigenvalue weighted by molar-refractivity contribution is 0.623. The Hall–Kier alpha value is -2.22. The van der Waals surface area contributed by atoms with Gasteiger partial charge in [0.25, 0.3) is 0 Å². The first-order chi connectivity index (χ1) is 9.08. The van der Waals surface area contributed by atoms with E-state index in [1.807, 2.05) is 0 Å². The van der Waals surface area contributed by atoms with Gasteiger partial charge in [-0.05, 0) is 22.0 Å². The summed E-state index contributed by atoms with van der Waals surface area (Å²) in [4.78, 5) is 12.0. The van der Waals surface area contributed by atoms with Gasteiger partial charge in [0.15, 0.2) is 0 Å². The Bertz CT molecular complexity index is 784. The lowest BCUT2D eigenvalue weighted by Gasteiger charge is -2.06. The highest BCUT2D eigenvalue weighted by Gasteiger charge is 2.15. The Morgan fingerprint density at radius 1 is 1.26 bits per heavy atom. The van der Waals surface area contributed by atoms with E-state index in [0.29, 0.717) is 16.9 Å². The third-order valence-corrected chi connectivity index (χ3v) is 3.40. The van der Waals surface area contributed by atoms with E-state index in [9.17, 15) is 4.39 Å². The van der Waals surface area contributed by atoms with Crippen molar-refractivity contribution < 1.29 is 4.39 Å². The third-order valence-electron chi connectivity index (χ3n) is 2.65. The van der Waals surface area contributed by atoms with Gasteiger partial charge < -0.3 is 11.5 Å². The SMILES string of the molecule is Nc1nccc(-n2cnc3c(Br)c(F)cc(N)c32)n1. The molecule has 0 bridgehead atoms. The zero-order valence-corrected chi connectivity index (χ0v) is 11.1. The number of nitrogens with two attached hydrogens (primary N) is 2. The Balaban J connectivity index is 2.35. The summed E-state index contributed by atoms with van der Waals surface area (Å²) in [5.74, 6) is 0.191. The Morgan fingerprint density at radius 2 is 2.05 bits per heavy atom. The molecule has 19 heavy (non-hydrogen) atoms. The maximum absolute atomic E-state index is 13.6. The first kappa shape index (κ1) is 11.8. The monoisotopic (exact) mass is 322 g/mol. The van der Waals surface area contributed by atoms with E-state index in [0.717, 1.165) is 0 Å². The largest absolute Gasteiger partial charge is 0.397 e. The predicted octanol–water partition coefficient (Wildman–Crippen LogP) is 1.88. The molecule has 4 N–H and O–H groups in total. The van der Waals surface area contributed by atoms with Crippen LogP contribution in [0.25, 0.3) is 16.9 Å². The molecule has 2 aromatic heterocycles. The molecule has 0 fully saturated rings. The van der Waals surface area contributed by atoms with Crippen LogP contribution in [0.3, 0.4) is 0 Å². The molecule has 3 rings (SSSR count). The van der Waals surface area contributed by atoms with Crippen LogP contribution in [0.15, 0.2) is 29.1 Å². The molecule has 0 aliphatic carbocycles. The molecule has 1 aromatic carbocycles. The minimum Gasteiger partial charge on any atom is -0.397 e. The Labute approximate surface area is 115 Å². The summed E-state index contributed by atoms with van der Waals surface area (Å²) in [6, 6.07) is 2.89. The molecular weight excluding hydrogens is 315 g/mol. The molecule has 0 radical (unpaired) electrons. The summed E-state index contributed by atoms with van der Waals surface area (Å²) in [6.07, 6.45) is 3.03. The average Bonchev–Trinajstić information content (AvgIpc) is 2.81. The first-order valence-corrected chi connectivity index (χ1v) is 6.06. The van der Waals surface area contributed by atoms with Crippen LogP contribution in [-0.4, -0.2) is 19.5 Å². The second-order valence-corrected chi connectivity index (χ2v) is 4.64. The lowest BCUT2D eigenvalue weighted by atomic mass is 10.2. The van der Waals surface area contributed by atoms with Crippen molar-refractivity contribution in [2.24, 2.45) is 0 Å². The second-order valence-electron chi connectivity index (χ2n) is 3.85. The van der Waals surface area contributed by atoms with Gasteiger partial charge in [-0.1, -0.05) is 0 Å². The number of aromatic nitrogens is 4. The number of anilines is 2. The van der Waals surface area contributed by atoms with Gasteiger partial charge in [0.2, 0.25) is 5.95 Å². The van der Waals surface area contributed by atoms with Gasteiger partial charge in [0.05, 0.1) is 15.7 Å². The van der Waals surface area contributed by atoms with Gasteiger partial charge in [-0.3, -0.25) is 4.57 Å². The van der Waals surface area contributed by atoms with Crippen molar-refractivity contribution in [3.63, 3.8) is 0 Å². The molecule has 0 spiro atoms. The van der Waals surface area contributed by atoms with Crippen LogP contribution in [0.4, 0.5) is 16.0 Å². The highest BCUT2D eigenvalue weighted by atomic mass is 79.9. The van der Waals surface area contributed by atoms with Gasteiger partial charge in [0.1, 0.15) is 23.5 Å². The molecule has 0 saturated carbocycles. The minimum absolute atomic E-state index is 0.138. The van der Waals surface area contributed by atoms with E-state index in [1.54, 1.807) is 10.6 Å². The van der Waals surface area contributed by atoms with Crippen molar-refractivity contribution in [3.05, 3.63) is 34.9 Å². The van der Waals surface area contributed by atoms with Crippen molar-refractivity contribution in [1.82, 2.24) is 19.5 Å². The summed E-state index contributed by atoms with van der Waals surface area (Å²) in [6.45, 7) is 0. The molecule has 0 unspecified atom stereocenters. The maximum Gasteiger partial charge on any atom is 0.221 e. The lowest BCUT2D eigenvalue weighted by Crippen LogP contribution is -2.02. The normalized spacial score (nSPS) is 11.1. The van der Waals surface area contributed by atoms with Crippen LogP contribution < -0.4 is 11.5 Å². The standard InChI is InChI=1S/C11H8BrFN6/c12-8-5(13)3-6(14)10-9(8)17-4-19(10)7-1-2-16-11(15)18-7/h1-4H,14H2,(H2,15,16,18). The molecule has 0 aliphatic rings. The molecule has 2 heterocycles. The van der Waals surface area contributed by atoms with Crippen molar-refractivity contribution >= 4 is 38.6 Å². The summed E-state index contributed by atoms with van der Waals surface area (Å²) in [7, 11) is 0. The van der Waals surface area contributed by atoms with Crippen LogP contribution >= 0.6 is 15.9 Å². The van der Waals surface area contributed by atoms with E-state index in [1.165, 1.54) is 18.6 Å². The number of imidazole rings is 1. The highest BCUT2D eigenvalue weighted by Crippen LogP contribution is 2.31. The van der Waals surface area contributed by atoms with Gasteiger partial charge in [-0.2, -0.15) is 4.98 Å². The predicted molar refractivity (Wildman–Crippen MR) is 73.1 cm³/mol. The van der Waals surface area contributed by atoms with Crippen LogP contribution in [0.5, 0.6) is 0 Å². The number of nitrogen functional groups attached to an aromatic ring is 2. The van der Waals surface area contributed by atoms with Crippen LogP contribution in [0.1, 0.15) is 0 Å². The Morgan fingerprint density at radius 3 is 2.79 bits per heavy atom. The minimum atomic E-state index is -0.461. The number of fused-ring (bicyclic) bond motifs is 1. The van der Waals surface area contributed by atoms with Gasteiger partial charge in [-0.25, -0.2) is 14.4 Å². The van der Waals surface area contributed by atoms with Crippen LogP contribution in [0, 0.1) is 5.82 Å². The number of rotatable bonds is 1. The van der Waals surface area contributed by atoms with E-state index >= 15 is 0 Å². The smallest absolute Gasteiger partial charge is 0.221 e. The molecular formula is C11H8BrFN6. The molecule has 3 aromatic rings. The molecule has 6 nitrogen and oxygen atoms in total. The summed E-state index contributed by atoms with van der Waals surface area (Å²) < 4.78 is 15.5. The highest BCUT2D eigenvalue weighted by molar-refractivity contribution is 9.10. The molecule has 8 heteroatoms. The molecule has 0 saturated heterocycles. The molecule has 0 amide bonds. The zero-order valence-electron chi connectivity index (χ0n) is 9.51. The number of benzene rings is 1. The van der Waals surface area contributed by atoms with Crippen molar-refractivity contribution in [1.29, 1.82) is 0 Å². The van der Waals surface area contributed by atoms with Gasteiger partial charge in [-0.15, -0.1) is 0 Å². The van der Waals surface area contributed by atoms with E-state index in [2.05, 4.69) is 30.9 Å². The summed E-state index contributed by atoms with van der Waals surface area (Å²) >= 11 is 3.15. The number of nitrogens with zero attached hydrogens (tertiary/aromatic N) is 4. The van der Waals surface area contributed by atoms with Crippen LogP contribution in [-0.2, 0) is 0 Å². The summed E-state index contributed by atoms with van der Waals surface area (Å²) in [5, 5.41) is 0. The topological polar surface area (TPSA) is 95.6 Å². The third kappa shape index (κ3) is 1.80. The fourth-order valence-corrected chi connectivity index (χ4v) is 2.24. The second kappa shape index (κ2) is 4.16. The molecule has 0 atom stereocenters. The van der Waals surface area contributed by atoms with Crippen LogP contribution in [0.2, 0.25) is 0 Å². The van der Waals surface area contributed by atoms with E-state index < -0.39 is 5.82 Å². The average molecular weight is 323 g/mol. The molecule has 96 valence electrons. The maximum atomic E-state index is 13.6. The Kier molecular flexibility index (Phi) is 2.59. The van der Waals surface area contributed by atoms with Gasteiger partial charge >= 0.3 is 0 Å². The fraction of sp³-hybridized carbons (Fsp3) is 0. The van der Waals surface area contributed by atoms with E-state index in [-0.39, 0.29) is 16.1 Å². The summed E-state index contributed by atoms with van der Waals surface area (Å²) in [5.41, 5.74) is 12.7. The van der Waals surface area contributed by atoms with Crippen molar-refractivity contribution in [3.8, 4) is 5.82 Å². The number of hydrogen-bond donors (Lipinski definition) is 2. The number of hydrogen-bond acceptors (Lipinski definition) is 5.